The van der Waals surface area contributed by atoms with Crippen molar-refractivity contribution in [2.24, 2.45) is 0 Å². The molecule has 9 heavy (non-hydrogen) atoms. The van der Waals surface area contributed by atoms with Crippen LogP contribution >= 0.6 is 12.8 Å². The van der Waals surface area contributed by atoms with Crippen LogP contribution in [0.4, 0.5) is 0 Å². The Labute approximate surface area is 60.5 Å². The summed E-state index contributed by atoms with van der Waals surface area (Å²) < 4.78 is 23.2. The molecule has 0 aromatic heterocycles. The summed E-state index contributed by atoms with van der Waals surface area (Å²) in [6, 6.07) is 0. The molecule has 1 fully saturated rings. The summed E-state index contributed by atoms with van der Waals surface area (Å²) in [6.45, 7) is 1.12. The van der Waals surface area contributed by atoms with Gasteiger partial charge in [0.15, 0.2) is 9.84 Å². The smallest absolute Gasteiger partial charge is 0.152 e. The molecule has 1 rings (SSSR count). The molecule has 0 spiro atoms. The van der Waals surface area contributed by atoms with Crippen molar-refractivity contribution in [1.29, 1.82) is 0 Å². The SMILES string of the molecule is O=S1(=O)CCN(S)CC1. The van der Waals surface area contributed by atoms with Crippen LogP contribution < -0.4 is 0 Å². The zero-order chi connectivity index (χ0) is 6.91. The van der Waals surface area contributed by atoms with E-state index in [1.54, 1.807) is 4.31 Å². The summed E-state index contributed by atoms with van der Waals surface area (Å²) >= 11 is 4.01. The minimum Gasteiger partial charge on any atom is -0.251 e. The van der Waals surface area contributed by atoms with E-state index >= 15 is 0 Å². The van der Waals surface area contributed by atoms with E-state index in [9.17, 15) is 8.42 Å². The summed E-state index contributed by atoms with van der Waals surface area (Å²) in [6.07, 6.45) is 0. The summed E-state index contributed by atoms with van der Waals surface area (Å²) in [7, 11) is -2.71. The second-order valence-electron chi connectivity index (χ2n) is 2.11. The zero-order valence-electron chi connectivity index (χ0n) is 4.95. The van der Waals surface area contributed by atoms with Gasteiger partial charge in [-0.2, -0.15) is 0 Å². The molecule has 0 unspecified atom stereocenters. The van der Waals surface area contributed by atoms with Gasteiger partial charge in [-0.1, -0.05) is 12.8 Å². The van der Waals surface area contributed by atoms with Crippen LogP contribution in [0.5, 0.6) is 0 Å². The fourth-order valence-electron chi connectivity index (χ4n) is 0.703. The lowest BCUT2D eigenvalue weighted by atomic mass is 10.6. The average molecular weight is 167 g/mol. The van der Waals surface area contributed by atoms with Crippen LogP contribution in [0, 0.1) is 0 Å². The largest absolute Gasteiger partial charge is 0.251 e. The van der Waals surface area contributed by atoms with Crippen LogP contribution in [0.25, 0.3) is 0 Å². The van der Waals surface area contributed by atoms with Gasteiger partial charge in [0.25, 0.3) is 0 Å². The first-order chi connectivity index (χ1) is 4.10. The Kier molecular flexibility index (Phi) is 2.03. The van der Waals surface area contributed by atoms with Gasteiger partial charge in [-0.3, -0.25) is 4.31 Å². The second-order valence-corrected chi connectivity index (χ2v) is 4.97. The number of hydrogen-bond donors (Lipinski definition) is 1. The Bertz CT molecular complexity index is 173. The molecule has 1 heterocycles. The Morgan fingerprint density at radius 3 is 2.00 bits per heavy atom. The monoisotopic (exact) mass is 167 g/mol. The van der Waals surface area contributed by atoms with E-state index in [-0.39, 0.29) is 11.5 Å². The maximum atomic E-state index is 10.7. The van der Waals surface area contributed by atoms with Gasteiger partial charge in [0.2, 0.25) is 0 Å². The van der Waals surface area contributed by atoms with E-state index in [1.165, 1.54) is 0 Å². The molecule has 3 nitrogen and oxygen atoms in total. The van der Waals surface area contributed by atoms with Crippen LogP contribution in [-0.2, 0) is 9.84 Å². The highest BCUT2D eigenvalue weighted by Crippen LogP contribution is 2.04. The quantitative estimate of drug-likeness (QED) is 0.497. The minimum atomic E-state index is -2.71. The van der Waals surface area contributed by atoms with Crippen molar-refractivity contribution >= 4 is 22.7 Å². The lowest BCUT2D eigenvalue weighted by Crippen LogP contribution is -2.34. The molecule has 0 aromatic carbocycles. The lowest BCUT2D eigenvalue weighted by Gasteiger charge is -2.19. The van der Waals surface area contributed by atoms with Crippen LogP contribution in [0.3, 0.4) is 0 Å². The van der Waals surface area contributed by atoms with Gasteiger partial charge in [0.05, 0.1) is 11.5 Å². The van der Waals surface area contributed by atoms with Crippen molar-refractivity contribution in [3.8, 4) is 0 Å². The van der Waals surface area contributed by atoms with Gasteiger partial charge in [0, 0.05) is 13.1 Å². The number of nitrogens with zero attached hydrogens (tertiary/aromatic N) is 1. The van der Waals surface area contributed by atoms with Crippen molar-refractivity contribution in [2.75, 3.05) is 24.6 Å². The van der Waals surface area contributed by atoms with E-state index in [0.717, 1.165) is 0 Å². The molecule has 0 atom stereocenters. The van der Waals surface area contributed by atoms with Gasteiger partial charge in [-0.05, 0) is 0 Å². The Morgan fingerprint density at radius 2 is 1.67 bits per heavy atom. The highest BCUT2D eigenvalue weighted by atomic mass is 32.2. The highest BCUT2D eigenvalue weighted by Gasteiger charge is 2.18. The summed E-state index contributed by atoms with van der Waals surface area (Å²) in [4.78, 5) is 0. The Morgan fingerprint density at radius 1 is 1.22 bits per heavy atom. The number of rotatable bonds is 0. The third kappa shape index (κ3) is 2.15. The number of thiol groups is 1. The van der Waals surface area contributed by atoms with E-state index < -0.39 is 9.84 Å². The van der Waals surface area contributed by atoms with E-state index in [1.807, 2.05) is 0 Å². The van der Waals surface area contributed by atoms with Crippen LogP contribution in [0.2, 0.25) is 0 Å². The third-order valence-electron chi connectivity index (χ3n) is 1.32. The molecule has 1 aliphatic heterocycles. The molecule has 0 aliphatic carbocycles. The normalized spacial score (nSPS) is 28.1. The van der Waals surface area contributed by atoms with E-state index in [2.05, 4.69) is 12.8 Å². The van der Waals surface area contributed by atoms with Gasteiger partial charge < -0.3 is 0 Å². The number of sulfone groups is 1. The summed E-state index contributed by atoms with van der Waals surface area (Å²) in [5.74, 6) is 0.521. The molecular formula is C4H9NO2S2. The van der Waals surface area contributed by atoms with Crippen molar-refractivity contribution in [2.45, 2.75) is 0 Å². The first kappa shape index (κ1) is 7.37. The summed E-state index contributed by atoms with van der Waals surface area (Å²) in [5.41, 5.74) is 0. The van der Waals surface area contributed by atoms with Crippen LogP contribution in [0.15, 0.2) is 0 Å². The fourth-order valence-corrected chi connectivity index (χ4v) is 2.37. The van der Waals surface area contributed by atoms with E-state index in [0.29, 0.717) is 13.1 Å². The maximum Gasteiger partial charge on any atom is 0.152 e. The standard InChI is InChI=1S/C4H9NO2S2/c6-9(7)3-1-5(8)2-4-9/h8H,1-4H2. The molecule has 0 bridgehead atoms. The Hall–Kier alpha value is 0.260. The molecule has 0 aromatic rings. The molecule has 0 amide bonds. The first-order valence-electron chi connectivity index (χ1n) is 2.74. The molecule has 5 heteroatoms. The van der Waals surface area contributed by atoms with Gasteiger partial charge in [0.1, 0.15) is 0 Å². The van der Waals surface area contributed by atoms with Crippen molar-refractivity contribution in [3.63, 3.8) is 0 Å². The van der Waals surface area contributed by atoms with Gasteiger partial charge in [-0.15, -0.1) is 0 Å². The lowest BCUT2D eigenvalue weighted by molar-refractivity contribution is 0.494. The first-order valence-corrected chi connectivity index (χ1v) is 4.96. The second kappa shape index (κ2) is 2.48. The maximum absolute atomic E-state index is 10.7. The topological polar surface area (TPSA) is 37.4 Å². The Balaban J connectivity index is 2.55. The molecular weight excluding hydrogens is 158 g/mol. The third-order valence-corrected chi connectivity index (χ3v) is 3.33. The predicted molar refractivity (Wildman–Crippen MR) is 39.2 cm³/mol. The summed E-state index contributed by atoms with van der Waals surface area (Å²) in [5, 5.41) is 0. The van der Waals surface area contributed by atoms with E-state index in [4.69, 9.17) is 0 Å². The van der Waals surface area contributed by atoms with Crippen LogP contribution in [0.1, 0.15) is 0 Å². The predicted octanol–water partition coefficient (Wildman–Crippen LogP) is -0.438. The average Bonchev–Trinajstić information content (AvgIpc) is 1.78. The van der Waals surface area contributed by atoms with Crippen molar-refractivity contribution in [1.82, 2.24) is 4.31 Å². The molecule has 54 valence electrons. The van der Waals surface area contributed by atoms with Gasteiger partial charge in [-0.25, -0.2) is 8.42 Å². The van der Waals surface area contributed by atoms with Crippen LogP contribution in [-0.4, -0.2) is 37.3 Å². The zero-order valence-corrected chi connectivity index (χ0v) is 6.66. The highest BCUT2D eigenvalue weighted by molar-refractivity contribution is 7.91. The molecule has 0 saturated carbocycles. The minimum absolute atomic E-state index is 0.260. The van der Waals surface area contributed by atoms with Crippen molar-refractivity contribution in [3.05, 3.63) is 0 Å². The molecule has 1 saturated heterocycles. The van der Waals surface area contributed by atoms with Crippen molar-refractivity contribution < 1.29 is 8.42 Å². The molecule has 0 radical (unpaired) electrons. The molecule has 1 aliphatic rings. The molecule has 0 N–H and O–H groups in total. The fraction of sp³-hybridized carbons (Fsp3) is 1.00. The van der Waals surface area contributed by atoms with Gasteiger partial charge >= 0.3 is 0 Å². The number of hydrogen-bond acceptors (Lipinski definition) is 4.